The maximum Gasteiger partial charge on any atom is 0.129 e. The number of hydrogen-bond acceptors (Lipinski definition) is 6. The summed E-state index contributed by atoms with van der Waals surface area (Å²) in [4.78, 5) is 7.14. The number of aliphatic hydroxyl groups excluding tert-OH is 1. The molecule has 206 valence electrons. The number of benzene rings is 1. The van der Waals surface area contributed by atoms with Crippen LogP contribution in [0.4, 0.5) is 10.2 Å². The van der Waals surface area contributed by atoms with Crippen molar-refractivity contribution in [3.63, 3.8) is 0 Å². The monoisotopic (exact) mass is 743 g/mol. The smallest absolute Gasteiger partial charge is 0.129 e. The second-order valence-corrected chi connectivity index (χ2v) is 9.59. The minimum atomic E-state index is -0.186. The third-order valence-corrected chi connectivity index (χ3v) is 6.50. The molecule has 0 bridgehead atoms. The second-order valence-electron chi connectivity index (χ2n) is 9.59. The van der Waals surface area contributed by atoms with Crippen LogP contribution in [0.3, 0.4) is 0 Å². The molecule has 3 heterocycles. The van der Waals surface area contributed by atoms with Crippen LogP contribution < -0.4 is 5.32 Å². The number of hydrogen-bond donors (Lipinski definition) is 2. The fourth-order valence-electron chi connectivity index (χ4n) is 4.62. The van der Waals surface area contributed by atoms with Gasteiger partial charge in [0.2, 0.25) is 0 Å². The fourth-order valence-corrected chi connectivity index (χ4v) is 4.62. The Morgan fingerprint density at radius 1 is 1.16 bits per heavy atom. The van der Waals surface area contributed by atoms with Gasteiger partial charge in [-0.25, -0.2) is 9.37 Å². The summed E-state index contributed by atoms with van der Waals surface area (Å²) >= 11 is 0. The van der Waals surface area contributed by atoms with Crippen LogP contribution in [0.25, 0.3) is 0 Å². The van der Waals surface area contributed by atoms with Crippen molar-refractivity contribution in [2.45, 2.75) is 77.7 Å². The Morgan fingerprint density at radius 2 is 1.97 bits per heavy atom. The van der Waals surface area contributed by atoms with Gasteiger partial charge in [-0.3, -0.25) is 4.90 Å². The number of aliphatic hydroxyl groups is 1. The fraction of sp³-hybridized carbons (Fsp3) is 0.607. The van der Waals surface area contributed by atoms with Crippen molar-refractivity contribution in [3.8, 4) is 0 Å². The Labute approximate surface area is 245 Å². The van der Waals surface area contributed by atoms with E-state index in [2.05, 4.69) is 22.3 Å². The first-order valence-corrected chi connectivity index (χ1v) is 13.0. The van der Waals surface area contributed by atoms with E-state index in [-0.39, 0.29) is 54.6 Å². The molecular formula is C28H44FN3O4U. The standard InChI is InChI=1S/C27H38FN3O2.CH4O.H2O.U/c1-20(2)33-19-22-8-10-24(28)16-23(22)17-31-14-12-26(18-31)32-15-4-3-7-25-11-9-21-6-5-13-29-27(21)30-25;1-2;;/h8-11,16,20,26H,3-7,12-15,17-19H2,1-2H3,(H,29,30);2H,1H3;1H2;. The van der Waals surface area contributed by atoms with Crippen molar-refractivity contribution < 1.29 is 55.6 Å². The Kier molecular flexibility index (Phi) is 16.8. The number of nitrogens with zero attached hydrogens (tertiary/aromatic N) is 2. The predicted octanol–water partition coefficient (Wildman–Crippen LogP) is 3.90. The van der Waals surface area contributed by atoms with Crippen LogP contribution in [0.2, 0.25) is 0 Å². The van der Waals surface area contributed by atoms with E-state index in [1.165, 1.54) is 23.7 Å². The molecule has 1 atom stereocenters. The van der Waals surface area contributed by atoms with Gasteiger partial charge in [0.1, 0.15) is 11.6 Å². The van der Waals surface area contributed by atoms with E-state index in [9.17, 15) is 4.39 Å². The normalized spacial score (nSPS) is 16.6. The zero-order chi connectivity index (χ0) is 25.0. The number of ether oxygens (including phenoxy) is 2. The van der Waals surface area contributed by atoms with E-state index < -0.39 is 0 Å². The third-order valence-electron chi connectivity index (χ3n) is 6.50. The quantitative estimate of drug-likeness (QED) is 0.340. The average Bonchev–Trinajstić information content (AvgIpc) is 3.31. The number of aryl methyl sites for hydroxylation is 2. The van der Waals surface area contributed by atoms with Gasteiger partial charge >= 0.3 is 0 Å². The van der Waals surface area contributed by atoms with E-state index in [4.69, 9.17) is 19.6 Å². The number of unbranched alkanes of at least 4 members (excludes halogenated alkanes) is 1. The summed E-state index contributed by atoms with van der Waals surface area (Å²) in [6.45, 7) is 9.01. The van der Waals surface area contributed by atoms with Gasteiger partial charge in [-0.05, 0) is 87.3 Å². The molecule has 1 fully saturated rings. The molecule has 1 aromatic carbocycles. The topological polar surface area (TPSA) is 98.4 Å². The molecule has 0 amide bonds. The molecule has 0 saturated carbocycles. The molecule has 1 saturated heterocycles. The molecule has 1 aromatic heterocycles. The SMILES string of the molecule is CC(C)OCc1ccc(F)cc1CN1CCC(OCCCCc2ccc3c(n2)NCCC3)C1.CO.O.[U]. The zero-order valence-corrected chi connectivity index (χ0v) is 26.7. The van der Waals surface area contributed by atoms with Crippen LogP contribution in [0.15, 0.2) is 30.3 Å². The summed E-state index contributed by atoms with van der Waals surface area (Å²) in [5.74, 6) is 0.896. The maximum atomic E-state index is 13.8. The number of aromatic nitrogens is 1. The van der Waals surface area contributed by atoms with Crippen molar-refractivity contribution >= 4 is 5.82 Å². The zero-order valence-electron chi connectivity index (χ0n) is 22.6. The van der Waals surface area contributed by atoms with Crippen LogP contribution in [-0.2, 0) is 35.5 Å². The van der Waals surface area contributed by atoms with E-state index in [1.807, 2.05) is 19.9 Å². The Balaban J connectivity index is 0.00000167. The number of nitrogens with one attached hydrogen (secondary N) is 1. The van der Waals surface area contributed by atoms with Crippen molar-refractivity contribution in [3.05, 3.63) is 58.5 Å². The van der Waals surface area contributed by atoms with Gasteiger partial charge in [0.25, 0.3) is 0 Å². The van der Waals surface area contributed by atoms with E-state index in [0.717, 1.165) is 88.9 Å². The first-order valence-electron chi connectivity index (χ1n) is 13.0. The van der Waals surface area contributed by atoms with Crippen LogP contribution in [0, 0.1) is 36.9 Å². The summed E-state index contributed by atoms with van der Waals surface area (Å²) in [6.07, 6.45) is 6.91. The number of halogens is 1. The van der Waals surface area contributed by atoms with Crippen LogP contribution >= 0.6 is 0 Å². The van der Waals surface area contributed by atoms with Crippen molar-refractivity contribution in [1.29, 1.82) is 0 Å². The first kappa shape index (κ1) is 34.0. The first-order chi connectivity index (χ1) is 17.1. The summed E-state index contributed by atoms with van der Waals surface area (Å²) < 4.78 is 25.8. The van der Waals surface area contributed by atoms with Crippen LogP contribution in [-0.4, -0.2) is 66.0 Å². The molecule has 4 N–H and O–H groups in total. The summed E-state index contributed by atoms with van der Waals surface area (Å²) in [6, 6.07) is 9.43. The van der Waals surface area contributed by atoms with Gasteiger partial charge in [0, 0.05) is 76.7 Å². The molecule has 37 heavy (non-hydrogen) atoms. The van der Waals surface area contributed by atoms with Gasteiger partial charge in [-0.15, -0.1) is 0 Å². The number of fused-ring (bicyclic) bond motifs is 1. The molecule has 2 aliphatic heterocycles. The average molecular weight is 744 g/mol. The molecule has 0 radical (unpaired) electrons. The van der Waals surface area contributed by atoms with Crippen LogP contribution in [0.1, 0.15) is 61.9 Å². The molecule has 2 aromatic rings. The summed E-state index contributed by atoms with van der Waals surface area (Å²) in [5.41, 5.74) is 4.60. The second kappa shape index (κ2) is 18.3. The molecule has 2 aliphatic rings. The van der Waals surface area contributed by atoms with Gasteiger partial charge in [0.05, 0.1) is 18.8 Å². The molecule has 4 rings (SSSR count). The minimum absolute atomic E-state index is 0. The van der Waals surface area contributed by atoms with Crippen molar-refractivity contribution in [1.82, 2.24) is 9.88 Å². The number of anilines is 1. The molecule has 0 aliphatic carbocycles. The summed E-state index contributed by atoms with van der Waals surface area (Å²) in [7, 11) is 1.00. The largest absolute Gasteiger partial charge is 0.412 e. The molecule has 9 heteroatoms. The van der Waals surface area contributed by atoms with Crippen molar-refractivity contribution in [2.75, 3.05) is 38.7 Å². The Bertz CT molecular complexity index is 919. The number of rotatable bonds is 11. The summed E-state index contributed by atoms with van der Waals surface area (Å²) in [5, 5.41) is 10.4. The Hall–Kier alpha value is -1.05. The van der Waals surface area contributed by atoms with Gasteiger partial charge in [-0.2, -0.15) is 0 Å². The van der Waals surface area contributed by atoms with E-state index >= 15 is 0 Å². The number of pyridine rings is 1. The third kappa shape index (κ3) is 11.3. The molecule has 7 nitrogen and oxygen atoms in total. The van der Waals surface area contributed by atoms with Gasteiger partial charge in [0.15, 0.2) is 0 Å². The molecule has 1 unspecified atom stereocenters. The Morgan fingerprint density at radius 3 is 2.76 bits per heavy atom. The van der Waals surface area contributed by atoms with Crippen LogP contribution in [0.5, 0.6) is 0 Å². The predicted molar refractivity (Wildman–Crippen MR) is 142 cm³/mol. The maximum absolute atomic E-state index is 13.8. The van der Waals surface area contributed by atoms with Gasteiger partial charge < -0.3 is 25.4 Å². The van der Waals surface area contributed by atoms with E-state index in [1.54, 1.807) is 6.07 Å². The number of likely N-dealkylation sites (tertiary alicyclic amines) is 1. The van der Waals surface area contributed by atoms with E-state index in [0.29, 0.717) is 6.61 Å². The molecular weight excluding hydrogens is 699 g/mol. The molecule has 0 spiro atoms. The van der Waals surface area contributed by atoms with Crippen molar-refractivity contribution in [2.24, 2.45) is 0 Å². The van der Waals surface area contributed by atoms with Gasteiger partial charge in [-0.1, -0.05) is 12.1 Å². The minimum Gasteiger partial charge on any atom is -0.412 e.